The Morgan fingerprint density at radius 1 is 1.14 bits per heavy atom. The lowest BCUT2D eigenvalue weighted by Crippen LogP contribution is -2.48. The molecule has 2 heterocycles. The molecule has 7 heteroatoms. The second-order valence-corrected chi connectivity index (χ2v) is 10.8. The van der Waals surface area contributed by atoms with Gasteiger partial charge in [0.15, 0.2) is 0 Å². The molecule has 1 aliphatic heterocycles. The van der Waals surface area contributed by atoms with E-state index in [9.17, 15) is 9.59 Å². The topological polar surface area (TPSA) is 49.9 Å². The average molecular weight is 509 g/mol. The summed E-state index contributed by atoms with van der Waals surface area (Å²) in [6.45, 7) is 5.17. The minimum absolute atomic E-state index is 0.0432. The van der Waals surface area contributed by atoms with Crippen molar-refractivity contribution in [2.75, 3.05) is 19.7 Å². The molecule has 0 N–H and O–H groups in total. The average Bonchev–Trinajstić information content (AvgIpc) is 3.57. The van der Waals surface area contributed by atoms with Crippen LogP contribution in [0.3, 0.4) is 0 Å². The van der Waals surface area contributed by atoms with Crippen LogP contribution >= 0.6 is 22.9 Å². The standard InChI is InChI=1S/C28H29ClN2O3S/c1-18-6-9-25(19(2)14-18)34-17-24-23-11-13-35-26(23)10-12-30(24)27(32)16-31(22-7-8-22)28(33)20-4-3-5-21(29)15-20/h3-6,9,11,13-15,22,24H,7-8,10,12,16-17H2,1-2H3/t24-/m0/s1. The van der Waals surface area contributed by atoms with Crippen molar-refractivity contribution in [3.05, 3.63) is 86.1 Å². The van der Waals surface area contributed by atoms with Gasteiger partial charge in [-0.25, -0.2) is 0 Å². The maximum absolute atomic E-state index is 13.7. The highest BCUT2D eigenvalue weighted by Gasteiger charge is 2.38. The first-order valence-corrected chi connectivity index (χ1v) is 13.3. The second-order valence-electron chi connectivity index (χ2n) is 9.41. The van der Waals surface area contributed by atoms with Gasteiger partial charge in [0.05, 0.1) is 6.04 Å². The lowest BCUT2D eigenvalue weighted by atomic mass is 10.00. The van der Waals surface area contributed by atoms with Crippen molar-refractivity contribution in [1.82, 2.24) is 9.80 Å². The molecule has 0 spiro atoms. The molecule has 0 saturated heterocycles. The van der Waals surface area contributed by atoms with Crippen LogP contribution in [0.25, 0.3) is 0 Å². The number of carbonyl (C=O) groups excluding carboxylic acids is 2. The molecule has 0 bridgehead atoms. The fourth-order valence-electron chi connectivity index (χ4n) is 4.78. The number of amides is 2. The van der Waals surface area contributed by atoms with Crippen LogP contribution in [0.5, 0.6) is 5.75 Å². The number of ether oxygens (including phenoxy) is 1. The summed E-state index contributed by atoms with van der Waals surface area (Å²) in [5, 5.41) is 2.60. The minimum atomic E-state index is -0.180. The van der Waals surface area contributed by atoms with Gasteiger partial charge in [0.1, 0.15) is 18.9 Å². The fourth-order valence-corrected chi connectivity index (χ4v) is 5.90. The molecular weight excluding hydrogens is 480 g/mol. The van der Waals surface area contributed by atoms with Crippen LogP contribution < -0.4 is 4.74 Å². The summed E-state index contributed by atoms with van der Waals surface area (Å²) in [5.41, 5.74) is 3.94. The van der Waals surface area contributed by atoms with Crippen molar-refractivity contribution in [1.29, 1.82) is 0 Å². The summed E-state index contributed by atoms with van der Waals surface area (Å²) in [5.74, 6) is 0.652. The summed E-state index contributed by atoms with van der Waals surface area (Å²) < 4.78 is 6.25. The molecule has 1 saturated carbocycles. The first-order valence-electron chi connectivity index (χ1n) is 12.0. The summed E-state index contributed by atoms with van der Waals surface area (Å²) in [6.07, 6.45) is 2.67. The van der Waals surface area contributed by atoms with Crippen LogP contribution in [-0.4, -0.2) is 47.4 Å². The van der Waals surface area contributed by atoms with E-state index in [2.05, 4.69) is 24.4 Å². The SMILES string of the molecule is Cc1ccc(OC[C@H]2c3ccsc3CCN2C(=O)CN(C(=O)c2cccc(Cl)c2)C2CC2)c(C)c1. The van der Waals surface area contributed by atoms with Crippen LogP contribution in [-0.2, 0) is 11.2 Å². The van der Waals surface area contributed by atoms with E-state index in [-0.39, 0.29) is 30.4 Å². The zero-order chi connectivity index (χ0) is 24.5. The molecule has 0 unspecified atom stereocenters. The summed E-state index contributed by atoms with van der Waals surface area (Å²) >= 11 is 7.85. The Morgan fingerprint density at radius 3 is 2.71 bits per heavy atom. The number of thiophene rings is 1. The highest BCUT2D eigenvalue weighted by Crippen LogP contribution is 2.35. The van der Waals surface area contributed by atoms with Crippen molar-refractivity contribution < 1.29 is 14.3 Å². The van der Waals surface area contributed by atoms with E-state index < -0.39 is 0 Å². The van der Waals surface area contributed by atoms with Crippen LogP contribution in [0.1, 0.15) is 50.8 Å². The van der Waals surface area contributed by atoms with Gasteiger partial charge in [0.25, 0.3) is 5.91 Å². The number of benzene rings is 2. The Morgan fingerprint density at radius 2 is 1.97 bits per heavy atom. The normalized spacial score (nSPS) is 17.1. The smallest absolute Gasteiger partial charge is 0.254 e. The molecule has 2 amide bonds. The monoisotopic (exact) mass is 508 g/mol. The lowest BCUT2D eigenvalue weighted by Gasteiger charge is -2.37. The molecule has 35 heavy (non-hydrogen) atoms. The van der Waals surface area contributed by atoms with Gasteiger partial charge < -0.3 is 14.5 Å². The summed E-state index contributed by atoms with van der Waals surface area (Å²) in [7, 11) is 0. The second kappa shape index (κ2) is 10.0. The van der Waals surface area contributed by atoms with Crippen molar-refractivity contribution in [2.45, 2.75) is 45.2 Å². The number of nitrogens with zero attached hydrogens (tertiary/aromatic N) is 2. The van der Waals surface area contributed by atoms with Gasteiger partial charge in [-0.05, 0) is 79.9 Å². The maximum Gasteiger partial charge on any atom is 0.254 e. The molecule has 1 aliphatic carbocycles. The minimum Gasteiger partial charge on any atom is -0.491 e. The quantitative estimate of drug-likeness (QED) is 0.403. The molecule has 5 rings (SSSR count). The predicted octanol–water partition coefficient (Wildman–Crippen LogP) is 5.83. The van der Waals surface area contributed by atoms with Crippen LogP contribution in [0.2, 0.25) is 5.02 Å². The largest absolute Gasteiger partial charge is 0.491 e. The third kappa shape index (κ3) is 5.24. The predicted molar refractivity (Wildman–Crippen MR) is 139 cm³/mol. The van der Waals surface area contributed by atoms with E-state index in [0.29, 0.717) is 23.7 Å². The Labute approximate surface area is 215 Å². The third-order valence-corrected chi connectivity index (χ3v) is 8.00. The van der Waals surface area contributed by atoms with E-state index in [1.165, 1.54) is 10.4 Å². The number of halogens is 1. The number of aryl methyl sites for hydroxylation is 2. The molecule has 2 aromatic carbocycles. The molecular formula is C28H29ClN2O3S. The molecule has 5 nitrogen and oxygen atoms in total. The third-order valence-electron chi connectivity index (χ3n) is 6.77. The molecule has 1 fully saturated rings. The highest BCUT2D eigenvalue weighted by molar-refractivity contribution is 7.10. The first kappa shape index (κ1) is 23.9. The van der Waals surface area contributed by atoms with Gasteiger partial charge in [-0.2, -0.15) is 0 Å². The van der Waals surface area contributed by atoms with Gasteiger partial charge in [-0.15, -0.1) is 11.3 Å². The van der Waals surface area contributed by atoms with Gasteiger partial charge in [0.2, 0.25) is 5.91 Å². The van der Waals surface area contributed by atoms with Crippen LogP contribution in [0.15, 0.2) is 53.9 Å². The molecule has 1 aromatic heterocycles. The molecule has 1 atom stereocenters. The molecule has 0 radical (unpaired) electrons. The van der Waals surface area contributed by atoms with E-state index in [0.717, 1.165) is 36.1 Å². The zero-order valence-corrected chi connectivity index (χ0v) is 21.6. The Balaban J connectivity index is 1.35. The van der Waals surface area contributed by atoms with E-state index in [4.69, 9.17) is 16.3 Å². The van der Waals surface area contributed by atoms with Gasteiger partial charge >= 0.3 is 0 Å². The summed E-state index contributed by atoms with van der Waals surface area (Å²) in [6, 6.07) is 15.1. The van der Waals surface area contributed by atoms with Gasteiger partial charge in [0, 0.05) is 28.0 Å². The van der Waals surface area contributed by atoms with Gasteiger partial charge in [-0.1, -0.05) is 35.4 Å². The lowest BCUT2D eigenvalue weighted by molar-refractivity contribution is -0.135. The Hall–Kier alpha value is -2.83. The molecule has 182 valence electrons. The van der Waals surface area contributed by atoms with Crippen molar-refractivity contribution in [3.8, 4) is 5.75 Å². The highest BCUT2D eigenvalue weighted by atomic mass is 35.5. The van der Waals surface area contributed by atoms with Crippen LogP contribution in [0.4, 0.5) is 0 Å². The summed E-state index contributed by atoms with van der Waals surface area (Å²) in [4.78, 5) is 31.9. The fraction of sp³-hybridized carbons (Fsp3) is 0.357. The van der Waals surface area contributed by atoms with E-state index in [1.54, 1.807) is 40.5 Å². The van der Waals surface area contributed by atoms with Crippen LogP contribution in [0, 0.1) is 13.8 Å². The number of fused-ring (bicyclic) bond motifs is 1. The molecule has 2 aliphatic rings. The number of hydrogen-bond acceptors (Lipinski definition) is 4. The van der Waals surface area contributed by atoms with Crippen molar-refractivity contribution in [3.63, 3.8) is 0 Å². The van der Waals surface area contributed by atoms with Gasteiger partial charge in [-0.3, -0.25) is 9.59 Å². The van der Waals surface area contributed by atoms with E-state index >= 15 is 0 Å². The van der Waals surface area contributed by atoms with Crippen molar-refractivity contribution in [2.24, 2.45) is 0 Å². The number of hydrogen-bond donors (Lipinski definition) is 0. The van der Waals surface area contributed by atoms with E-state index in [1.807, 2.05) is 24.0 Å². The number of carbonyl (C=O) groups is 2. The molecule has 3 aromatic rings. The first-order chi connectivity index (χ1) is 16.9. The number of rotatable bonds is 7. The maximum atomic E-state index is 13.7. The Bertz CT molecular complexity index is 1250. The van der Waals surface area contributed by atoms with Crippen molar-refractivity contribution >= 4 is 34.8 Å². The zero-order valence-electron chi connectivity index (χ0n) is 20.0. The Kier molecular flexibility index (Phi) is 6.85.